The SMILES string of the molecule is CCCCCCCCCCCCCCCCCCCCc1ncnc(CCCCCCCCCCCCCCCCCCCC)n1. The van der Waals surface area contributed by atoms with Crippen LogP contribution < -0.4 is 0 Å². The van der Waals surface area contributed by atoms with Gasteiger partial charge in [0.15, 0.2) is 0 Å². The van der Waals surface area contributed by atoms with Gasteiger partial charge in [-0.25, -0.2) is 15.0 Å². The Morgan fingerprint density at radius 1 is 0.283 bits per heavy atom. The lowest BCUT2D eigenvalue weighted by molar-refractivity contribution is 0.523. The lowest BCUT2D eigenvalue weighted by Gasteiger charge is -2.05. The fourth-order valence-corrected chi connectivity index (χ4v) is 6.98. The number of unbranched alkanes of at least 4 members (excludes halogenated alkanes) is 34. The molecule has 0 radical (unpaired) electrons. The van der Waals surface area contributed by atoms with Gasteiger partial charge < -0.3 is 0 Å². The fraction of sp³-hybridized carbons (Fsp3) is 0.930. The molecule has 0 N–H and O–H groups in total. The molecule has 0 aliphatic heterocycles. The Labute approximate surface area is 290 Å². The number of nitrogens with zero attached hydrogens (tertiary/aromatic N) is 3. The van der Waals surface area contributed by atoms with Gasteiger partial charge in [-0.15, -0.1) is 0 Å². The maximum Gasteiger partial charge on any atom is 0.132 e. The molecule has 3 heteroatoms. The van der Waals surface area contributed by atoms with Crippen LogP contribution in [0.25, 0.3) is 0 Å². The standard InChI is InChI=1S/C43H83N3/c1-3-5-7-9-11-13-15-17-19-21-23-25-27-29-31-33-35-37-39-42-44-41-45-43(46-42)40-38-36-34-32-30-28-26-24-22-20-18-16-14-12-10-8-6-4-2/h41H,3-40H2,1-2H3. The average Bonchev–Trinajstić information content (AvgIpc) is 3.07. The molecule has 0 aromatic carbocycles. The van der Waals surface area contributed by atoms with Crippen LogP contribution in [0.1, 0.15) is 257 Å². The van der Waals surface area contributed by atoms with Crippen LogP contribution >= 0.6 is 0 Å². The first kappa shape index (κ1) is 43.0. The summed E-state index contributed by atoms with van der Waals surface area (Å²) >= 11 is 0. The van der Waals surface area contributed by atoms with Crippen molar-refractivity contribution >= 4 is 0 Å². The lowest BCUT2D eigenvalue weighted by Crippen LogP contribution is -2.02. The fourth-order valence-electron chi connectivity index (χ4n) is 6.98. The minimum absolute atomic E-state index is 1.02. The van der Waals surface area contributed by atoms with E-state index in [0.717, 1.165) is 24.5 Å². The molecule has 1 heterocycles. The van der Waals surface area contributed by atoms with Crippen LogP contribution in [-0.2, 0) is 12.8 Å². The Morgan fingerprint density at radius 2 is 0.478 bits per heavy atom. The number of hydrogen-bond acceptors (Lipinski definition) is 3. The molecule has 0 bridgehead atoms. The topological polar surface area (TPSA) is 38.7 Å². The number of hydrogen-bond donors (Lipinski definition) is 0. The summed E-state index contributed by atoms with van der Waals surface area (Å²) in [5.74, 6) is 2.04. The molecule has 1 aromatic rings. The van der Waals surface area contributed by atoms with Gasteiger partial charge in [-0.2, -0.15) is 0 Å². The van der Waals surface area contributed by atoms with Crippen LogP contribution in [0.3, 0.4) is 0 Å². The number of rotatable bonds is 38. The summed E-state index contributed by atoms with van der Waals surface area (Å²) in [6.07, 6.45) is 55.0. The summed E-state index contributed by atoms with van der Waals surface area (Å²) < 4.78 is 0. The van der Waals surface area contributed by atoms with Gasteiger partial charge in [0, 0.05) is 12.8 Å². The van der Waals surface area contributed by atoms with Crippen molar-refractivity contribution in [1.29, 1.82) is 0 Å². The van der Waals surface area contributed by atoms with Crippen LogP contribution in [0, 0.1) is 0 Å². The van der Waals surface area contributed by atoms with Crippen molar-refractivity contribution < 1.29 is 0 Å². The Morgan fingerprint density at radius 3 is 0.696 bits per heavy atom. The van der Waals surface area contributed by atoms with Gasteiger partial charge in [0.2, 0.25) is 0 Å². The minimum atomic E-state index is 1.02. The van der Waals surface area contributed by atoms with Crippen LogP contribution in [-0.4, -0.2) is 15.0 Å². The molecule has 0 atom stereocenters. The quantitative estimate of drug-likeness (QED) is 0.0674. The van der Waals surface area contributed by atoms with Crippen molar-refractivity contribution in [2.75, 3.05) is 0 Å². The van der Waals surface area contributed by atoms with Crippen molar-refractivity contribution in [2.45, 2.75) is 258 Å². The molecule has 0 unspecified atom stereocenters. The van der Waals surface area contributed by atoms with E-state index in [1.165, 1.54) is 231 Å². The Hall–Kier alpha value is -0.990. The summed E-state index contributed by atoms with van der Waals surface area (Å²) in [5.41, 5.74) is 0. The van der Waals surface area contributed by atoms with Gasteiger partial charge in [-0.05, 0) is 12.8 Å². The zero-order valence-corrected chi connectivity index (χ0v) is 31.8. The van der Waals surface area contributed by atoms with E-state index in [2.05, 4.69) is 23.8 Å². The molecule has 0 spiro atoms. The highest BCUT2D eigenvalue weighted by Crippen LogP contribution is 2.16. The first-order valence-electron chi connectivity index (χ1n) is 21.5. The molecular formula is C43H83N3. The third kappa shape index (κ3) is 31.6. The van der Waals surface area contributed by atoms with Crippen LogP contribution in [0.5, 0.6) is 0 Å². The van der Waals surface area contributed by atoms with Gasteiger partial charge in [-0.1, -0.05) is 232 Å². The average molecular weight is 642 g/mol. The molecule has 46 heavy (non-hydrogen) atoms. The minimum Gasteiger partial charge on any atom is -0.221 e. The largest absolute Gasteiger partial charge is 0.221 e. The Bertz CT molecular complexity index is 650. The van der Waals surface area contributed by atoms with Crippen LogP contribution in [0.2, 0.25) is 0 Å². The van der Waals surface area contributed by atoms with Gasteiger partial charge in [0.25, 0.3) is 0 Å². The second kappa shape index (κ2) is 36.8. The third-order valence-corrected chi connectivity index (χ3v) is 10.2. The zero-order chi connectivity index (χ0) is 32.9. The number of aromatic nitrogens is 3. The molecule has 270 valence electrons. The Kier molecular flexibility index (Phi) is 34.5. The first-order valence-corrected chi connectivity index (χ1v) is 21.5. The maximum atomic E-state index is 4.78. The van der Waals surface area contributed by atoms with E-state index >= 15 is 0 Å². The van der Waals surface area contributed by atoms with Gasteiger partial charge in [0.1, 0.15) is 18.0 Å². The predicted octanol–water partition coefficient (Wildman–Crippen LogP) is 15.0. The normalized spacial score (nSPS) is 11.5. The highest BCUT2D eigenvalue weighted by molar-refractivity contribution is 4.91. The molecule has 0 fully saturated rings. The van der Waals surface area contributed by atoms with Crippen molar-refractivity contribution in [3.63, 3.8) is 0 Å². The number of aryl methyl sites for hydroxylation is 2. The molecule has 0 saturated carbocycles. The van der Waals surface area contributed by atoms with E-state index in [1.807, 2.05) is 0 Å². The lowest BCUT2D eigenvalue weighted by atomic mass is 10.0. The van der Waals surface area contributed by atoms with E-state index in [0.29, 0.717) is 0 Å². The van der Waals surface area contributed by atoms with Gasteiger partial charge in [-0.3, -0.25) is 0 Å². The predicted molar refractivity (Wildman–Crippen MR) is 205 cm³/mol. The van der Waals surface area contributed by atoms with Crippen molar-refractivity contribution in [1.82, 2.24) is 15.0 Å². The molecule has 1 aromatic heterocycles. The van der Waals surface area contributed by atoms with Crippen LogP contribution in [0.4, 0.5) is 0 Å². The van der Waals surface area contributed by atoms with Gasteiger partial charge in [0.05, 0.1) is 0 Å². The summed E-state index contributed by atoms with van der Waals surface area (Å²) in [6.45, 7) is 4.61. The van der Waals surface area contributed by atoms with Crippen molar-refractivity contribution in [3.8, 4) is 0 Å². The third-order valence-electron chi connectivity index (χ3n) is 10.2. The molecule has 0 amide bonds. The summed E-state index contributed by atoms with van der Waals surface area (Å²) in [6, 6.07) is 0. The molecule has 1 rings (SSSR count). The van der Waals surface area contributed by atoms with Gasteiger partial charge >= 0.3 is 0 Å². The highest BCUT2D eigenvalue weighted by Gasteiger charge is 2.03. The molecule has 0 aliphatic carbocycles. The van der Waals surface area contributed by atoms with E-state index in [9.17, 15) is 0 Å². The van der Waals surface area contributed by atoms with Crippen LogP contribution in [0.15, 0.2) is 6.33 Å². The molecular weight excluding hydrogens is 558 g/mol. The van der Waals surface area contributed by atoms with Crippen molar-refractivity contribution in [2.24, 2.45) is 0 Å². The zero-order valence-electron chi connectivity index (χ0n) is 31.8. The molecule has 3 nitrogen and oxygen atoms in total. The monoisotopic (exact) mass is 642 g/mol. The molecule has 0 saturated heterocycles. The van der Waals surface area contributed by atoms with E-state index in [1.54, 1.807) is 6.33 Å². The Balaban J connectivity index is 1.82. The smallest absolute Gasteiger partial charge is 0.132 e. The second-order valence-corrected chi connectivity index (χ2v) is 14.8. The summed E-state index contributed by atoms with van der Waals surface area (Å²) in [4.78, 5) is 13.7. The van der Waals surface area contributed by atoms with E-state index < -0.39 is 0 Å². The molecule has 0 aliphatic rings. The van der Waals surface area contributed by atoms with E-state index in [-0.39, 0.29) is 0 Å². The summed E-state index contributed by atoms with van der Waals surface area (Å²) in [7, 11) is 0. The second-order valence-electron chi connectivity index (χ2n) is 14.8. The van der Waals surface area contributed by atoms with E-state index in [4.69, 9.17) is 4.98 Å². The first-order chi connectivity index (χ1) is 22.9. The maximum absolute atomic E-state index is 4.78. The highest BCUT2D eigenvalue weighted by atomic mass is 15.0. The summed E-state index contributed by atoms with van der Waals surface area (Å²) in [5, 5.41) is 0. The van der Waals surface area contributed by atoms with Crippen molar-refractivity contribution in [3.05, 3.63) is 18.0 Å².